The van der Waals surface area contributed by atoms with Gasteiger partial charge in [0.15, 0.2) is 11.5 Å². The van der Waals surface area contributed by atoms with Crippen LogP contribution in [-0.4, -0.2) is 23.3 Å². The van der Waals surface area contributed by atoms with E-state index in [0.717, 1.165) is 0 Å². The Morgan fingerprint density at radius 1 is 1.42 bits per heavy atom. The summed E-state index contributed by atoms with van der Waals surface area (Å²) >= 11 is 0. The van der Waals surface area contributed by atoms with Gasteiger partial charge in [0.1, 0.15) is 12.0 Å². The van der Waals surface area contributed by atoms with E-state index in [1.54, 1.807) is 12.1 Å². The number of rotatable bonds is 5. The Morgan fingerprint density at radius 2 is 2.21 bits per heavy atom. The van der Waals surface area contributed by atoms with Gasteiger partial charge in [0.05, 0.1) is 19.2 Å². The van der Waals surface area contributed by atoms with Crippen LogP contribution >= 0.6 is 0 Å². The zero-order valence-corrected chi connectivity index (χ0v) is 10.2. The molecule has 1 aromatic heterocycles. The van der Waals surface area contributed by atoms with Crippen molar-refractivity contribution in [3.05, 3.63) is 41.9 Å². The summed E-state index contributed by atoms with van der Waals surface area (Å²) in [6.07, 6.45) is 1.19. The highest BCUT2D eigenvalue weighted by atomic mass is 16.5. The van der Waals surface area contributed by atoms with Gasteiger partial charge in [-0.2, -0.15) is 0 Å². The molecule has 0 unspecified atom stereocenters. The molecule has 100 valence electrons. The van der Waals surface area contributed by atoms with E-state index in [1.165, 1.54) is 25.5 Å². The van der Waals surface area contributed by atoms with Gasteiger partial charge < -0.3 is 24.7 Å². The lowest BCUT2D eigenvalue weighted by atomic mass is 10.2. The molecule has 0 fully saturated rings. The fourth-order valence-electron chi connectivity index (χ4n) is 1.57. The average molecular weight is 263 g/mol. The van der Waals surface area contributed by atoms with E-state index in [-0.39, 0.29) is 11.3 Å². The molecule has 0 aliphatic heterocycles. The normalized spacial score (nSPS) is 10.2. The molecular weight excluding hydrogens is 250 g/mol. The number of ether oxygens (including phenoxy) is 1. The van der Waals surface area contributed by atoms with Crippen molar-refractivity contribution in [2.24, 2.45) is 0 Å². The van der Waals surface area contributed by atoms with Crippen LogP contribution in [0, 0.1) is 0 Å². The van der Waals surface area contributed by atoms with Gasteiger partial charge in [-0.1, -0.05) is 0 Å². The first-order chi connectivity index (χ1) is 9.10. The van der Waals surface area contributed by atoms with Crippen molar-refractivity contribution in [2.45, 2.75) is 6.54 Å². The van der Waals surface area contributed by atoms with Crippen LogP contribution in [0.2, 0.25) is 0 Å². The van der Waals surface area contributed by atoms with Crippen molar-refractivity contribution in [1.82, 2.24) is 0 Å². The van der Waals surface area contributed by atoms with E-state index in [9.17, 15) is 9.90 Å². The summed E-state index contributed by atoms with van der Waals surface area (Å²) in [6, 6.07) is 6.32. The maximum Gasteiger partial charge on any atom is 0.338 e. The SMILES string of the molecule is COc1ccc(NCc2cc(C(=O)O)co2)cc1O. The Hall–Kier alpha value is -2.63. The zero-order valence-electron chi connectivity index (χ0n) is 10.2. The number of furan rings is 1. The first kappa shape index (κ1) is 12.8. The van der Waals surface area contributed by atoms with Crippen molar-refractivity contribution in [1.29, 1.82) is 0 Å². The maximum atomic E-state index is 10.7. The molecule has 0 aliphatic carbocycles. The summed E-state index contributed by atoms with van der Waals surface area (Å²) < 4.78 is 10.0. The van der Waals surface area contributed by atoms with Crippen LogP contribution < -0.4 is 10.1 Å². The number of phenolic OH excluding ortho intramolecular Hbond substituents is 1. The summed E-state index contributed by atoms with van der Waals surface area (Å²) in [5, 5.41) is 21.4. The number of benzene rings is 1. The number of nitrogens with one attached hydrogen (secondary N) is 1. The van der Waals surface area contributed by atoms with Crippen molar-refractivity contribution in [2.75, 3.05) is 12.4 Å². The molecule has 0 radical (unpaired) electrons. The van der Waals surface area contributed by atoms with Crippen LogP contribution in [0.4, 0.5) is 5.69 Å². The van der Waals surface area contributed by atoms with Crippen LogP contribution in [0.1, 0.15) is 16.1 Å². The fourth-order valence-corrected chi connectivity index (χ4v) is 1.57. The topological polar surface area (TPSA) is 91.9 Å². The number of aromatic carboxylic acids is 1. The number of anilines is 1. The molecule has 3 N–H and O–H groups in total. The highest BCUT2D eigenvalue weighted by molar-refractivity contribution is 5.87. The molecule has 0 amide bonds. The zero-order chi connectivity index (χ0) is 13.8. The standard InChI is InChI=1S/C13H13NO5/c1-18-12-3-2-9(5-11(12)15)14-6-10-4-8(7-19-10)13(16)17/h2-5,7,14-15H,6H2,1H3,(H,16,17). The molecule has 19 heavy (non-hydrogen) atoms. The number of aromatic hydroxyl groups is 1. The molecule has 0 saturated carbocycles. The molecule has 0 bridgehead atoms. The Morgan fingerprint density at radius 3 is 2.79 bits per heavy atom. The van der Waals surface area contributed by atoms with Gasteiger partial charge >= 0.3 is 5.97 Å². The molecule has 0 aliphatic rings. The summed E-state index contributed by atoms with van der Waals surface area (Å²) in [5.74, 6) is -0.125. The number of hydrogen-bond acceptors (Lipinski definition) is 5. The van der Waals surface area contributed by atoms with Gasteiger partial charge in [-0.25, -0.2) is 4.79 Å². The summed E-state index contributed by atoms with van der Waals surface area (Å²) in [7, 11) is 1.47. The molecule has 2 rings (SSSR count). The Labute approximate surface area is 109 Å². The third-order valence-electron chi connectivity index (χ3n) is 2.55. The van der Waals surface area contributed by atoms with E-state index in [1.807, 2.05) is 0 Å². The second kappa shape index (κ2) is 5.34. The maximum absolute atomic E-state index is 10.7. The number of carboxylic acid groups (broad SMARTS) is 1. The van der Waals surface area contributed by atoms with Crippen LogP contribution in [0.3, 0.4) is 0 Å². The molecule has 6 heteroatoms. The van der Waals surface area contributed by atoms with Crippen LogP contribution in [0.5, 0.6) is 11.5 Å². The molecule has 0 saturated heterocycles. The second-order valence-corrected chi connectivity index (χ2v) is 3.85. The lowest BCUT2D eigenvalue weighted by Gasteiger charge is -2.07. The Kier molecular flexibility index (Phi) is 3.61. The van der Waals surface area contributed by atoms with E-state index in [4.69, 9.17) is 14.3 Å². The minimum absolute atomic E-state index is 0.0261. The van der Waals surface area contributed by atoms with E-state index >= 15 is 0 Å². The Bertz CT molecular complexity index is 590. The van der Waals surface area contributed by atoms with E-state index in [2.05, 4.69) is 5.32 Å². The first-order valence-corrected chi connectivity index (χ1v) is 5.51. The highest BCUT2D eigenvalue weighted by Crippen LogP contribution is 2.28. The molecule has 0 spiro atoms. The minimum atomic E-state index is -1.03. The summed E-state index contributed by atoms with van der Waals surface area (Å²) in [5.41, 5.74) is 0.779. The van der Waals surface area contributed by atoms with Crippen LogP contribution in [0.15, 0.2) is 34.9 Å². The van der Waals surface area contributed by atoms with Crippen molar-refractivity contribution >= 4 is 11.7 Å². The van der Waals surface area contributed by atoms with Crippen LogP contribution in [0.25, 0.3) is 0 Å². The van der Waals surface area contributed by atoms with Gasteiger partial charge in [-0.15, -0.1) is 0 Å². The fraction of sp³-hybridized carbons (Fsp3) is 0.154. The largest absolute Gasteiger partial charge is 0.504 e. The predicted molar refractivity (Wildman–Crippen MR) is 67.7 cm³/mol. The second-order valence-electron chi connectivity index (χ2n) is 3.85. The number of methoxy groups -OCH3 is 1. The van der Waals surface area contributed by atoms with Gasteiger partial charge in [0.2, 0.25) is 0 Å². The number of carbonyl (C=O) groups is 1. The first-order valence-electron chi connectivity index (χ1n) is 5.51. The average Bonchev–Trinajstić information content (AvgIpc) is 2.85. The molecule has 1 heterocycles. The highest BCUT2D eigenvalue weighted by Gasteiger charge is 2.08. The predicted octanol–water partition coefficient (Wildman–Crippen LogP) is 2.30. The monoisotopic (exact) mass is 263 g/mol. The van der Waals surface area contributed by atoms with E-state index < -0.39 is 5.97 Å². The van der Waals surface area contributed by atoms with Gasteiger partial charge in [-0.05, 0) is 18.2 Å². The van der Waals surface area contributed by atoms with Gasteiger partial charge in [0, 0.05) is 11.8 Å². The number of hydrogen-bond donors (Lipinski definition) is 3. The van der Waals surface area contributed by atoms with Crippen LogP contribution in [-0.2, 0) is 6.54 Å². The number of carboxylic acids is 1. The van der Waals surface area contributed by atoms with Crippen molar-refractivity contribution in [3.8, 4) is 11.5 Å². The molecule has 1 aromatic carbocycles. The lowest BCUT2D eigenvalue weighted by molar-refractivity contribution is 0.0696. The lowest BCUT2D eigenvalue weighted by Crippen LogP contribution is -1.98. The van der Waals surface area contributed by atoms with Crippen molar-refractivity contribution < 1.29 is 24.2 Å². The molecule has 0 atom stereocenters. The minimum Gasteiger partial charge on any atom is -0.504 e. The molecular formula is C13H13NO5. The molecule has 2 aromatic rings. The summed E-state index contributed by atoms with van der Waals surface area (Å²) in [6.45, 7) is 0.319. The van der Waals surface area contributed by atoms with Gasteiger partial charge in [0.25, 0.3) is 0 Å². The van der Waals surface area contributed by atoms with E-state index in [0.29, 0.717) is 23.7 Å². The van der Waals surface area contributed by atoms with Gasteiger partial charge in [-0.3, -0.25) is 0 Å². The Balaban J connectivity index is 2.01. The smallest absolute Gasteiger partial charge is 0.338 e. The third kappa shape index (κ3) is 2.98. The quantitative estimate of drug-likeness (QED) is 0.766. The molecule has 6 nitrogen and oxygen atoms in total. The summed E-state index contributed by atoms with van der Waals surface area (Å²) in [4.78, 5) is 10.7. The number of phenols is 1. The van der Waals surface area contributed by atoms with Crippen molar-refractivity contribution in [3.63, 3.8) is 0 Å². The third-order valence-corrected chi connectivity index (χ3v) is 2.55.